The van der Waals surface area contributed by atoms with Crippen molar-refractivity contribution in [2.24, 2.45) is 0 Å². The molecule has 0 saturated carbocycles. The molecule has 5 rings (SSSR count). The van der Waals surface area contributed by atoms with Crippen LogP contribution in [0.4, 0.5) is 17.1 Å². The molecule has 0 unspecified atom stereocenters. The Morgan fingerprint density at radius 3 is 2.60 bits per heavy atom. The number of hydrogen-bond acceptors (Lipinski definition) is 6. The predicted octanol–water partition coefficient (Wildman–Crippen LogP) is 4.14. The van der Waals surface area contributed by atoms with E-state index in [0.29, 0.717) is 47.2 Å². The average Bonchev–Trinajstić information content (AvgIpc) is 2.79. The van der Waals surface area contributed by atoms with Crippen molar-refractivity contribution in [1.82, 2.24) is 0 Å². The van der Waals surface area contributed by atoms with Gasteiger partial charge in [0.2, 0.25) is 0 Å². The quantitative estimate of drug-likeness (QED) is 0.522. The molecule has 2 heterocycles. The molecule has 0 aromatic heterocycles. The Hall–Kier alpha value is -4.07. The summed E-state index contributed by atoms with van der Waals surface area (Å²) in [6.45, 7) is 0.903. The van der Waals surface area contributed by atoms with Crippen molar-refractivity contribution >= 4 is 23.0 Å². The zero-order chi connectivity index (χ0) is 20.7. The lowest BCUT2D eigenvalue weighted by atomic mass is 10.0. The summed E-state index contributed by atoms with van der Waals surface area (Å²) >= 11 is 0. The van der Waals surface area contributed by atoms with Crippen molar-refractivity contribution in [1.29, 1.82) is 0 Å². The zero-order valence-electron chi connectivity index (χ0n) is 15.8. The molecule has 8 heteroatoms. The largest absolute Gasteiger partial charge is 0.486 e. The van der Waals surface area contributed by atoms with Crippen molar-refractivity contribution in [3.63, 3.8) is 0 Å². The van der Waals surface area contributed by atoms with Gasteiger partial charge in [-0.15, -0.1) is 0 Å². The number of amides is 1. The molecular weight excluding hydrogens is 386 g/mol. The third-order valence-corrected chi connectivity index (χ3v) is 5.13. The van der Waals surface area contributed by atoms with Crippen LogP contribution in [-0.2, 0) is 0 Å². The van der Waals surface area contributed by atoms with Crippen molar-refractivity contribution < 1.29 is 19.2 Å². The number of nitro groups is 1. The fraction of sp³-hybridized carbons (Fsp3) is 0.136. The van der Waals surface area contributed by atoms with Gasteiger partial charge in [0.05, 0.1) is 16.2 Å². The maximum atomic E-state index is 13.5. The van der Waals surface area contributed by atoms with Crippen molar-refractivity contribution in [2.75, 3.05) is 23.4 Å². The van der Waals surface area contributed by atoms with E-state index in [2.05, 4.69) is 5.32 Å². The molecule has 8 nitrogen and oxygen atoms in total. The Kier molecular flexibility index (Phi) is 4.24. The molecular formula is C22H17N3O5. The topological polar surface area (TPSA) is 93.9 Å². The van der Waals surface area contributed by atoms with Crippen LogP contribution in [-0.4, -0.2) is 24.0 Å². The maximum Gasteiger partial charge on any atom is 0.269 e. The Morgan fingerprint density at radius 2 is 1.77 bits per heavy atom. The van der Waals surface area contributed by atoms with Gasteiger partial charge in [-0.05, 0) is 24.3 Å². The summed E-state index contributed by atoms with van der Waals surface area (Å²) in [5.41, 5.74) is 2.36. The van der Waals surface area contributed by atoms with Gasteiger partial charge in [-0.2, -0.15) is 0 Å². The molecule has 0 radical (unpaired) electrons. The molecule has 0 spiro atoms. The Balaban J connectivity index is 1.64. The summed E-state index contributed by atoms with van der Waals surface area (Å²) in [7, 11) is 0. The summed E-state index contributed by atoms with van der Waals surface area (Å²) in [5, 5.41) is 14.6. The number of ether oxygens (including phenoxy) is 2. The maximum absolute atomic E-state index is 13.5. The van der Waals surface area contributed by atoms with Crippen molar-refractivity contribution in [2.45, 2.75) is 6.17 Å². The highest BCUT2D eigenvalue weighted by atomic mass is 16.6. The lowest BCUT2D eigenvalue weighted by Gasteiger charge is -2.38. The third-order valence-electron chi connectivity index (χ3n) is 5.13. The molecule has 1 atom stereocenters. The van der Waals surface area contributed by atoms with Crippen LogP contribution in [0.2, 0.25) is 0 Å². The number of nitrogens with one attached hydrogen (secondary N) is 1. The van der Waals surface area contributed by atoms with E-state index < -0.39 is 11.1 Å². The van der Waals surface area contributed by atoms with Gasteiger partial charge in [-0.25, -0.2) is 0 Å². The van der Waals surface area contributed by atoms with Crippen LogP contribution in [0.1, 0.15) is 22.1 Å². The molecule has 3 aromatic rings. The van der Waals surface area contributed by atoms with Gasteiger partial charge in [0, 0.05) is 29.4 Å². The number of carbonyl (C=O) groups excluding carboxylic acids is 1. The fourth-order valence-corrected chi connectivity index (χ4v) is 3.74. The highest BCUT2D eigenvalue weighted by Gasteiger charge is 2.35. The van der Waals surface area contributed by atoms with Gasteiger partial charge in [-0.3, -0.25) is 19.8 Å². The number of benzene rings is 3. The fourth-order valence-electron chi connectivity index (χ4n) is 3.74. The smallest absolute Gasteiger partial charge is 0.269 e. The second-order valence-corrected chi connectivity index (χ2v) is 6.95. The second-order valence-electron chi connectivity index (χ2n) is 6.95. The van der Waals surface area contributed by atoms with Crippen molar-refractivity contribution in [3.8, 4) is 11.5 Å². The van der Waals surface area contributed by atoms with Gasteiger partial charge in [0.25, 0.3) is 11.6 Å². The Morgan fingerprint density at radius 1 is 0.967 bits per heavy atom. The number of rotatable bonds is 3. The molecule has 30 heavy (non-hydrogen) atoms. The average molecular weight is 403 g/mol. The van der Waals surface area contributed by atoms with Crippen LogP contribution in [0.3, 0.4) is 0 Å². The highest BCUT2D eigenvalue weighted by Crippen LogP contribution is 2.41. The molecule has 1 N–H and O–H groups in total. The first-order chi connectivity index (χ1) is 14.6. The van der Waals surface area contributed by atoms with E-state index in [0.717, 1.165) is 0 Å². The van der Waals surface area contributed by atoms with E-state index in [1.165, 1.54) is 12.1 Å². The van der Waals surface area contributed by atoms with Crippen LogP contribution >= 0.6 is 0 Å². The number of carbonyl (C=O) groups is 1. The first-order valence-electron chi connectivity index (χ1n) is 9.45. The second kappa shape index (κ2) is 7.07. The molecule has 2 aliphatic rings. The van der Waals surface area contributed by atoms with Crippen LogP contribution in [0.5, 0.6) is 11.5 Å². The Labute approximate surface area is 171 Å². The normalized spacial score (nSPS) is 17.1. The number of fused-ring (bicyclic) bond motifs is 2. The zero-order valence-corrected chi connectivity index (χ0v) is 15.8. The number of nitrogens with zero attached hydrogens (tertiary/aromatic N) is 2. The molecule has 0 aliphatic carbocycles. The van der Waals surface area contributed by atoms with E-state index in [9.17, 15) is 14.9 Å². The molecule has 0 fully saturated rings. The van der Waals surface area contributed by atoms with Gasteiger partial charge in [0.1, 0.15) is 19.4 Å². The van der Waals surface area contributed by atoms with Crippen molar-refractivity contribution in [3.05, 3.63) is 88.0 Å². The standard InChI is InChI=1S/C22H17N3O5/c26-22-17-6-1-2-7-18(17)23-21(14-4-3-5-16(12-14)25(27)28)24(22)15-8-9-19-20(13-15)30-11-10-29-19/h1-9,12-13,21,23H,10-11H2/t21-/m1/s1. The number of nitro benzene ring substituents is 1. The van der Waals surface area contributed by atoms with E-state index >= 15 is 0 Å². The minimum atomic E-state index is -0.630. The monoisotopic (exact) mass is 403 g/mol. The Bertz CT molecular complexity index is 1160. The van der Waals surface area contributed by atoms with Crippen LogP contribution in [0, 0.1) is 10.1 Å². The van der Waals surface area contributed by atoms with Gasteiger partial charge >= 0.3 is 0 Å². The molecule has 3 aromatic carbocycles. The lowest BCUT2D eigenvalue weighted by Crippen LogP contribution is -2.43. The predicted molar refractivity (Wildman–Crippen MR) is 110 cm³/mol. The third kappa shape index (κ3) is 2.98. The summed E-state index contributed by atoms with van der Waals surface area (Å²) in [6, 6.07) is 18.8. The van der Waals surface area contributed by atoms with E-state index in [4.69, 9.17) is 9.47 Å². The van der Waals surface area contributed by atoms with E-state index in [1.54, 1.807) is 47.4 Å². The summed E-state index contributed by atoms with van der Waals surface area (Å²) < 4.78 is 11.3. The van der Waals surface area contributed by atoms with Crippen LogP contribution < -0.4 is 19.7 Å². The van der Waals surface area contributed by atoms with Crippen LogP contribution in [0.25, 0.3) is 0 Å². The number of non-ortho nitro benzene ring substituents is 1. The number of hydrogen-bond donors (Lipinski definition) is 1. The van der Waals surface area contributed by atoms with Crippen LogP contribution in [0.15, 0.2) is 66.7 Å². The lowest BCUT2D eigenvalue weighted by molar-refractivity contribution is -0.384. The van der Waals surface area contributed by atoms with Gasteiger partial charge < -0.3 is 14.8 Å². The number of anilines is 2. The molecule has 0 saturated heterocycles. The summed E-state index contributed by atoms with van der Waals surface area (Å²) in [6.07, 6.45) is -0.630. The summed E-state index contributed by atoms with van der Waals surface area (Å²) in [5.74, 6) is 0.968. The number of para-hydroxylation sites is 1. The SMILES string of the molecule is O=C1c2ccccc2N[C@@H](c2cccc([N+](=O)[O-])c2)N1c1ccc2c(c1)OCCO2. The van der Waals surface area contributed by atoms with Gasteiger partial charge in [0.15, 0.2) is 11.5 Å². The first kappa shape index (κ1) is 18.0. The van der Waals surface area contributed by atoms with Gasteiger partial charge in [-0.1, -0.05) is 24.3 Å². The highest BCUT2D eigenvalue weighted by molar-refractivity contribution is 6.12. The summed E-state index contributed by atoms with van der Waals surface area (Å²) in [4.78, 5) is 25.9. The molecule has 150 valence electrons. The molecule has 1 amide bonds. The van der Waals surface area contributed by atoms with E-state index in [-0.39, 0.29) is 11.6 Å². The first-order valence-corrected chi connectivity index (χ1v) is 9.45. The molecule has 0 bridgehead atoms. The minimum Gasteiger partial charge on any atom is -0.486 e. The van der Waals surface area contributed by atoms with E-state index in [1.807, 2.05) is 12.1 Å². The minimum absolute atomic E-state index is 0.0391. The molecule has 2 aliphatic heterocycles.